The number of ether oxygens (including phenoxy) is 1. The molecular formula is C16H13FN2O3. The van der Waals surface area contributed by atoms with Crippen LogP contribution in [0.15, 0.2) is 42.5 Å². The van der Waals surface area contributed by atoms with Crippen LogP contribution in [0, 0.1) is 5.82 Å². The molecule has 1 heterocycles. The maximum Gasteiger partial charge on any atom is 0.265 e. The van der Waals surface area contributed by atoms with E-state index in [0.717, 1.165) is 0 Å². The standard InChI is InChI=1S/C16H13FN2O3/c1-9-15(20)19-14-12(7-4-8-13(14)22-9)18-16(21)10-5-2-3-6-11(10)17/h2-9H,1H3,(H,18,21)(H,19,20). The van der Waals surface area contributed by atoms with E-state index >= 15 is 0 Å². The summed E-state index contributed by atoms with van der Waals surface area (Å²) in [7, 11) is 0. The first-order chi connectivity index (χ1) is 10.6. The number of anilines is 2. The zero-order valence-corrected chi connectivity index (χ0v) is 11.7. The number of rotatable bonds is 2. The lowest BCUT2D eigenvalue weighted by Gasteiger charge is -2.25. The Morgan fingerprint density at radius 2 is 2.00 bits per heavy atom. The summed E-state index contributed by atoms with van der Waals surface area (Å²) in [6, 6.07) is 10.7. The number of carbonyl (C=O) groups excluding carboxylic acids is 2. The van der Waals surface area contributed by atoms with E-state index in [1.165, 1.54) is 18.2 Å². The monoisotopic (exact) mass is 300 g/mol. The number of halogens is 1. The van der Waals surface area contributed by atoms with Crippen molar-refractivity contribution in [2.24, 2.45) is 0 Å². The van der Waals surface area contributed by atoms with Crippen LogP contribution in [0.5, 0.6) is 5.75 Å². The second-order valence-electron chi connectivity index (χ2n) is 4.86. The SMILES string of the molecule is CC1Oc2cccc(NC(=O)c3ccccc3F)c2NC1=O. The molecule has 6 heteroatoms. The summed E-state index contributed by atoms with van der Waals surface area (Å²) in [5.74, 6) is -1.06. The van der Waals surface area contributed by atoms with Gasteiger partial charge in [-0.1, -0.05) is 18.2 Å². The van der Waals surface area contributed by atoms with Gasteiger partial charge in [0.15, 0.2) is 6.10 Å². The Balaban J connectivity index is 1.91. The molecule has 1 unspecified atom stereocenters. The smallest absolute Gasteiger partial charge is 0.265 e. The number of para-hydroxylation sites is 1. The first-order valence-corrected chi connectivity index (χ1v) is 6.72. The molecule has 0 aromatic heterocycles. The van der Waals surface area contributed by atoms with E-state index in [2.05, 4.69) is 10.6 Å². The molecule has 5 nitrogen and oxygen atoms in total. The Bertz CT molecular complexity index is 761. The number of fused-ring (bicyclic) bond motifs is 1. The highest BCUT2D eigenvalue weighted by atomic mass is 19.1. The van der Waals surface area contributed by atoms with Gasteiger partial charge in [-0.2, -0.15) is 0 Å². The van der Waals surface area contributed by atoms with Gasteiger partial charge in [-0.3, -0.25) is 9.59 Å². The van der Waals surface area contributed by atoms with Crippen molar-refractivity contribution in [2.45, 2.75) is 13.0 Å². The third-order valence-electron chi connectivity index (χ3n) is 3.31. The molecule has 1 aliphatic rings. The first-order valence-electron chi connectivity index (χ1n) is 6.72. The number of hydrogen-bond acceptors (Lipinski definition) is 3. The third kappa shape index (κ3) is 2.50. The van der Waals surface area contributed by atoms with Gasteiger partial charge in [0, 0.05) is 0 Å². The van der Waals surface area contributed by atoms with E-state index in [4.69, 9.17) is 4.74 Å². The van der Waals surface area contributed by atoms with Gasteiger partial charge in [0.25, 0.3) is 11.8 Å². The Hall–Kier alpha value is -2.89. The highest BCUT2D eigenvalue weighted by Gasteiger charge is 2.26. The van der Waals surface area contributed by atoms with Crippen LogP contribution in [0.1, 0.15) is 17.3 Å². The van der Waals surface area contributed by atoms with Crippen molar-refractivity contribution in [3.05, 3.63) is 53.8 Å². The maximum absolute atomic E-state index is 13.6. The Morgan fingerprint density at radius 1 is 1.23 bits per heavy atom. The molecule has 0 radical (unpaired) electrons. The average molecular weight is 300 g/mol. The van der Waals surface area contributed by atoms with Crippen LogP contribution < -0.4 is 15.4 Å². The quantitative estimate of drug-likeness (QED) is 0.896. The predicted molar refractivity (Wildman–Crippen MR) is 79.5 cm³/mol. The minimum absolute atomic E-state index is 0.0727. The van der Waals surface area contributed by atoms with Crippen molar-refractivity contribution in [3.8, 4) is 5.75 Å². The highest BCUT2D eigenvalue weighted by molar-refractivity contribution is 6.09. The van der Waals surface area contributed by atoms with Gasteiger partial charge in [-0.05, 0) is 31.2 Å². The Labute approximate surface area is 126 Å². The third-order valence-corrected chi connectivity index (χ3v) is 3.31. The van der Waals surface area contributed by atoms with E-state index in [1.54, 1.807) is 31.2 Å². The fraction of sp³-hybridized carbons (Fsp3) is 0.125. The molecule has 1 aliphatic heterocycles. The molecular weight excluding hydrogens is 287 g/mol. The van der Waals surface area contributed by atoms with Gasteiger partial charge in [0.2, 0.25) is 0 Å². The van der Waals surface area contributed by atoms with Crippen LogP contribution in [0.4, 0.5) is 15.8 Å². The normalized spacial score (nSPS) is 16.3. The van der Waals surface area contributed by atoms with Crippen LogP contribution in [0.2, 0.25) is 0 Å². The summed E-state index contributed by atoms with van der Waals surface area (Å²) in [5, 5.41) is 5.27. The summed E-state index contributed by atoms with van der Waals surface area (Å²) < 4.78 is 19.1. The van der Waals surface area contributed by atoms with Crippen LogP contribution in [-0.2, 0) is 4.79 Å². The molecule has 1 atom stereocenters. The molecule has 112 valence electrons. The van der Waals surface area contributed by atoms with E-state index in [9.17, 15) is 14.0 Å². The van der Waals surface area contributed by atoms with Gasteiger partial charge in [-0.15, -0.1) is 0 Å². The molecule has 0 bridgehead atoms. The van der Waals surface area contributed by atoms with Gasteiger partial charge in [-0.25, -0.2) is 4.39 Å². The highest BCUT2D eigenvalue weighted by Crippen LogP contribution is 2.36. The minimum atomic E-state index is -0.612. The summed E-state index contributed by atoms with van der Waals surface area (Å²) in [5.41, 5.74) is 0.651. The number of amides is 2. The number of benzene rings is 2. The molecule has 0 saturated carbocycles. The molecule has 2 aromatic rings. The topological polar surface area (TPSA) is 67.4 Å². The van der Waals surface area contributed by atoms with Crippen LogP contribution >= 0.6 is 0 Å². The van der Waals surface area contributed by atoms with Gasteiger partial charge >= 0.3 is 0 Å². The van der Waals surface area contributed by atoms with Crippen molar-refractivity contribution < 1.29 is 18.7 Å². The predicted octanol–water partition coefficient (Wildman–Crippen LogP) is 2.80. The Kier molecular flexibility index (Phi) is 3.50. The lowest BCUT2D eigenvalue weighted by Crippen LogP contribution is -2.34. The molecule has 2 N–H and O–H groups in total. The molecule has 2 amide bonds. The van der Waals surface area contributed by atoms with Gasteiger partial charge in [0.1, 0.15) is 17.3 Å². The molecule has 2 aromatic carbocycles. The number of nitrogens with one attached hydrogen (secondary N) is 2. The molecule has 0 saturated heterocycles. The molecule has 3 rings (SSSR count). The van der Waals surface area contributed by atoms with E-state index in [1.807, 2.05) is 0 Å². The van der Waals surface area contributed by atoms with Gasteiger partial charge in [0.05, 0.1) is 11.3 Å². The van der Waals surface area contributed by atoms with Crippen LogP contribution in [-0.4, -0.2) is 17.9 Å². The lowest BCUT2D eigenvalue weighted by atomic mass is 10.1. The van der Waals surface area contributed by atoms with Gasteiger partial charge < -0.3 is 15.4 Å². The van der Waals surface area contributed by atoms with Crippen molar-refractivity contribution in [2.75, 3.05) is 10.6 Å². The van der Waals surface area contributed by atoms with Crippen molar-refractivity contribution >= 4 is 23.2 Å². The fourth-order valence-electron chi connectivity index (χ4n) is 2.17. The largest absolute Gasteiger partial charge is 0.479 e. The second kappa shape index (κ2) is 5.48. The summed E-state index contributed by atoms with van der Waals surface area (Å²) in [6.45, 7) is 1.63. The Morgan fingerprint density at radius 3 is 2.77 bits per heavy atom. The van der Waals surface area contributed by atoms with Crippen LogP contribution in [0.3, 0.4) is 0 Å². The first kappa shape index (κ1) is 14.1. The van der Waals surface area contributed by atoms with E-state index in [-0.39, 0.29) is 11.5 Å². The molecule has 0 spiro atoms. The number of hydrogen-bond donors (Lipinski definition) is 2. The van der Waals surface area contributed by atoms with Crippen LogP contribution in [0.25, 0.3) is 0 Å². The summed E-state index contributed by atoms with van der Waals surface area (Å²) in [4.78, 5) is 23.9. The maximum atomic E-state index is 13.6. The number of carbonyl (C=O) groups is 2. The molecule has 0 fully saturated rings. The minimum Gasteiger partial charge on any atom is -0.479 e. The average Bonchev–Trinajstić information content (AvgIpc) is 2.49. The van der Waals surface area contributed by atoms with Crippen molar-refractivity contribution in [3.63, 3.8) is 0 Å². The van der Waals surface area contributed by atoms with E-state index in [0.29, 0.717) is 17.1 Å². The summed E-state index contributed by atoms with van der Waals surface area (Å²) >= 11 is 0. The zero-order valence-electron chi connectivity index (χ0n) is 11.7. The van der Waals surface area contributed by atoms with Crippen molar-refractivity contribution in [1.29, 1.82) is 0 Å². The summed E-state index contributed by atoms with van der Waals surface area (Å²) in [6.07, 6.45) is -0.606. The lowest BCUT2D eigenvalue weighted by molar-refractivity contribution is -0.122. The molecule has 0 aliphatic carbocycles. The molecule has 22 heavy (non-hydrogen) atoms. The second-order valence-corrected chi connectivity index (χ2v) is 4.86. The zero-order chi connectivity index (χ0) is 15.7. The van der Waals surface area contributed by atoms with Crippen molar-refractivity contribution in [1.82, 2.24) is 0 Å². The fourth-order valence-corrected chi connectivity index (χ4v) is 2.17. The van der Waals surface area contributed by atoms with E-state index < -0.39 is 17.8 Å².